The summed E-state index contributed by atoms with van der Waals surface area (Å²) in [5, 5.41) is 7.79. The molecule has 0 bridgehead atoms. The Hall–Kier alpha value is -1.18. The van der Waals surface area contributed by atoms with Crippen LogP contribution in [0.4, 0.5) is 0 Å². The zero-order valence-electron chi connectivity index (χ0n) is 12.3. The van der Waals surface area contributed by atoms with Gasteiger partial charge in [-0.1, -0.05) is 0 Å². The molecule has 110 valence electrons. The number of hydrogen-bond acceptors (Lipinski definition) is 4. The van der Waals surface area contributed by atoms with Gasteiger partial charge in [0.05, 0.1) is 22.9 Å². The normalized spacial score (nSPS) is 13.1. The highest BCUT2D eigenvalue weighted by Crippen LogP contribution is 2.27. The first kappa shape index (κ1) is 15.2. The minimum atomic E-state index is 0.00837. The molecule has 0 radical (unpaired) electrons. The third kappa shape index (κ3) is 3.11. The van der Waals surface area contributed by atoms with Crippen LogP contribution < -0.4 is 5.32 Å². The molecule has 0 aliphatic heterocycles. The molecule has 6 nitrogen and oxygen atoms in total. The number of nitrogens with zero attached hydrogens (tertiary/aromatic N) is 5. The number of aromatic nitrogens is 4. The molecule has 1 unspecified atom stereocenters. The lowest BCUT2D eigenvalue weighted by Gasteiger charge is -2.19. The van der Waals surface area contributed by atoms with Crippen LogP contribution in [0.15, 0.2) is 23.1 Å². The minimum Gasteiger partial charge on any atom is -0.336 e. The van der Waals surface area contributed by atoms with Crippen LogP contribution >= 0.6 is 15.9 Å². The zero-order chi connectivity index (χ0) is 14.7. The average molecular weight is 341 g/mol. The molecule has 2 rings (SSSR count). The highest BCUT2D eigenvalue weighted by molar-refractivity contribution is 9.10. The predicted octanol–water partition coefficient (Wildman–Crippen LogP) is 1.25. The van der Waals surface area contributed by atoms with Gasteiger partial charge in [0.25, 0.3) is 0 Å². The fraction of sp³-hybridized carbons (Fsp3) is 0.538. The third-order valence-electron chi connectivity index (χ3n) is 3.27. The number of halogens is 1. The number of imidazole rings is 1. The van der Waals surface area contributed by atoms with Crippen LogP contribution in [0.3, 0.4) is 0 Å². The van der Waals surface area contributed by atoms with Gasteiger partial charge in [0.2, 0.25) is 0 Å². The molecule has 1 N–H and O–H groups in total. The Balaban J connectivity index is 2.34. The molecule has 2 aromatic rings. The predicted molar refractivity (Wildman–Crippen MR) is 82.6 cm³/mol. The lowest BCUT2D eigenvalue weighted by molar-refractivity contribution is 0.365. The second-order valence-corrected chi connectivity index (χ2v) is 5.88. The molecule has 1 atom stereocenters. The van der Waals surface area contributed by atoms with E-state index in [2.05, 4.69) is 50.3 Å². The Morgan fingerprint density at radius 1 is 1.45 bits per heavy atom. The van der Waals surface area contributed by atoms with Crippen molar-refractivity contribution in [3.63, 3.8) is 0 Å². The molecule has 0 fully saturated rings. The van der Waals surface area contributed by atoms with Crippen molar-refractivity contribution in [3.8, 4) is 0 Å². The van der Waals surface area contributed by atoms with E-state index in [9.17, 15) is 0 Å². The molecule has 0 spiro atoms. The van der Waals surface area contributed by atoms with E-state index in [4.69, 9.17) is 0 Å². The number of hydrogen-bond donors (Lipinski definition) is 1. The molecule has 0 saturated carbocycles. The fourth-order valence-electron chi connectivity index (χ4n) is 2.18. The van der Waals surface area contributed by atoms with Crippen LogP contribution in [0.1, 0.15) is 17.6 Å². The number of rotatable bonds is 6. The Kier molecular flexibility index (Phi) is 4.95. The van der Waals surface area contributed by atoms with E-state index >= 15 is 0 Å². The molecule has 0 aliphatic rings. The molecular weight excluding hydrogens is 320 g/mol. The van der Waals surface area contributed by atoms with Gasteiger partial charge in [-0.05, 0) is 37.1 Å². The van der Waals surface area contributed by atoms with Gasteiger partial charge >= 0.3 is 0 Å². The van der Waals surface area contributed by atoms with E-state index in [1.165, 1.54) is 0 Å². The quantitative estimate of drug-likeness (QED) is 0.859. The summed E-state index contributed by atoms with van der Waals surface area (Å²) in [5.74, 6) is 0.972. The molecule has 0 amide bonds. The summed E-state index contributed by atoms with van der Waals surface area (Å²) >= 11 is 3.60. The van der Waals surface area contributed by atoms with Crippen LogP contribution in [-0.2, 0) is 13.6 Å². The van der Waals surface area contributed by atoms with Crippen molar-refractivity contribution in [1.29, 1.82) is 0 Å². The van der Waals surface area contributed by atoms with E-state index in [1.54, 1.807) is 0 Å². The summed E-state index contributed by atoms with van der Waals surface area (Å²) in [4.78, 5) is 6.60. The molecule has 0 aliphatic carbocycles. The van der Waals surface area contributed by atoms with Crippen LogP contribution in [0.25, 0.3) is 0 Å². The zero-order valence-corrected chi connectivity index (χ0v) is 13.9. The molecule has 7 heteroatoms. The molecule has 0 aromatic carbocycles. The second-order valence-electron chi connectivity index (χ2n) is 5.02. The Labute approximate surface area is 127 Å². The number of likely N-dealkylation sites (N-methyl/N-ethyl adjacent to an activating group) is 1. The SMILES string of the molecule is CNC(c1nccn1C)c1c(Br)cnn1CCN(C)C. The molecule has 20 heavy (non-hydrogen) atoms. The van der Waals surface area contributed by atoms with E-state index in [0.29, 0.717) is 0 Å². The van der Waals surface area contributed by atoms with Gasteiger partial charge in [-0.15, -0.1) is 0 Å². The summed E-state index contributed by atoms with van der Waals surface area (Å²) in [6, 6.07) is 0.00837. The minimum absolute atomic E-state index is 0.00837. The van der Waals surface area contributed by atoms with Crippen LogP contribution in [0, 0.1) is 0 Å². The van der Waals surface area contributed by atoms with Gasteiger partial charge < -0.3 is 14.8 Å². The molecule has 0 saturated heterocycles. The van der Waals surface area contributed by atoms with Crippen molar-refractivity contribution in [1.82, 2.24) is 29.5 Å². The number of aryl methyl sites for hydroxylation is 1. The first-order valence-corrected chi connectivity index (χ1v) is 7.34. The summed E-state index contributed by atoms with van der Waals surface area (Å²) in [5.41, 5.74) is 1.10. The topological polar surface area (TPSA) is 50.9 Å². The summed E-state index contributed by atoms with van der Waals surface area (Å²) < 4.78 is 5.05. The van der Waals surface area contributed by atoms with Crippen molar-refractivity contribution < 1.29 is 0 Å². The lowest BCUT2D eigenvalue weighted by atomic mass is 10.2. The highest BCUT2D eigenvalue weighted by atomic mass is 79.9. The summed E-state index contributed by atoms with van der Waals surface area (Å²) in [6.45, 7) is 1.79. The van der Waals surface area contributed by atoms with Gasteiger partial charge in [-0.25, -0.2) is 4.98 Å². The highest BCUT2D eigenvalue weighted by Gasteiger charge is 2.23. The van der Waals surface area contributed by atoms with E-state index in [1.807, 2.05) is 41.9 Å². The average Bonchev–Trinajstić information content (AvgIpc) is 2.97. The Bertz CT molecular complexity index is 559. The maximum atomic E-state index is 4.46. The van der Waals surface area contributed by atoms with Crippen LogP contribution in [0.5, 0.6) is 0 Å². The van der Waals surface area contributed by atoms with E-state index < -0.39 is 0 Å². The van der Waals surface area contributed by atoms with E-state index in [0.717, 1.165) is 29.1 Å². The maximum Gasteiger partial charge on any atom is 0.131 e. The third-order valence-corrected chi connectivity index (χ3v) is 3.88. The van der Waals surface area contributed by atoms with Crippen molar-refractivity contribution in [2.24, 2.45) is 7.05 Å². The largest absolute Gasteiger partial charge is 0.336 e. The van der Waals surface area contributed by atoms with Crippen LogP contribution in [-0.4, -0.2) is 51.9 Å². The van der Waals surface area contributed by atoms with Gasteiger partial charge in [0.1, 0.15) is 11.9 Å². The molecule has 2 heterocycles. The first-order valence-electron chi connectivity index (χ1n) is 6.55. The standard InChI is InChI=1S/C13H21BrN6/c1-15-11(13-16-5-6-19(13)4)12-10(14)9-17-20(12)8-7-18(2)3/h5-6,9,11,15H,7-8H2,1-4H3. The molecular formula is C13H21BrN6. The van der Waals surface area contributed by atoms with E-state index in [-0.39, 0.29) is 6.04 Å². The molecule has 2 aromatic heterocycles. The lowest BCUT2D eigenvalue weighted by Crippen LogP contribution is -2.27. The van der Waals surface area contributed by atoms with Crippen molar-refractivity contribution in [3.05, 3.63) is 34.6 Å². The summed E-state index contributed by atoms with van der Waals surface area (Å²) in [7, 11) is 8.06. The smallest absolute Gasteiger partial charge is 0.131 e. The van der Waals surface area contributed by atoms with Crippen molar-refractivity contribution in [2.45, 2.75) is 12.6 Å². The van der Waals surface area contributed by atoms with Gasteiger partial charge in [-0.3, -0.25) is 4.68 Å². The maximum absolute atomic E-state index is 4.46. The Morgan fingerprint density at radius 2 is 2.20 bits per heavy atom. The van der Waals surface area contributed by atoms with Gasteiger partial charge in [-0.2, -0.15) is 5.10 Å². The number of nitrogens with one attached hydrogen (secondary N) is 1. The monoisotopic (exact) mass is 340 g/mol. The first-order chi connectivity index (χ1) is 9.54. The fourth-order valence-corrected chi connectivity index (χ4v) is 2.70. The second kappa shape index (κ2) is 6.51. The van der Waals surface area contributed by atoms with Crippen LogP contribution in [0.2, 0.25) is 0 Å². The van der Waals surface area contributed by atoms with Gasteiger partial charge in [0.15, 0.2) is 0 Å². The summed E-state index contributed by atoms with van der Waals surface area (Å²) in [6.07, 6.45) is 5.61. The van der Waals surface area contributed by atoms with Crippen molar-refractivity contribution >= 4 is 15.9 Å². The van der Waals surface area contributed by atoms with Crippen molar-refractivity contribution in [2.75, 3.05) is 27.7 Å². The van der Waals surface area contributed by atoms with Gasteiger partial charge in [0, 0.05) is 26.0 Å². The Morgan fingerprint density at radius 3 is 2.75 bits per heavy atom.